The molecule has 6 heteroatoms. The molecule has 1 aliphatic carbocycles. The van der Waals surface area contributed by atoms with Gasteiger partial charge in [-0.15, -0.1) is 0 Å². The van der Waals surface area contributed by atoms with E-state index in [1.54, 1.807) is 6.20 Å². The molecule has 6 nitrogen and oxygen atoms in total. The first-order valence-corrected chi connectivity index (χ1v) is 8.76. The molecule has 1 aliphatic heterocycles. The van der Waals surface area contributed by atoms with Gasteiger partial charge in [0, 0.05) is 22.7 Å². The van der Waals surface area contributed by atoms with Gasteiger partial charge in [0.05, 0.1) is 6.54 Å². The zero-order chi connectivity index (χ0) is 17.6. The topological polar surface area (TPSA) is 82.3 Å². The van der Waals surface area contributed by atoms with Crippen molar-refractivity contribution >= 4 is 28.6 Å². The number of carbonyl (C=O) groups excluding carboxylic acids is 3. The third-order valence-electron chi connectivity index (χ3n) is 5.69. The predicted octanol–water partition coefficient (Wildman–Crippen LogP) is 2.85. The summed E-state index contributed by atoms with van der Waals surface area (Å²) in [6.45, 7) is 1.78. The number of amides is 3. The Morgan fingerprint density at radius 3 is 2.88 bits per heavy atom. The summed E-state index contributed by atoms with van der Waals surface area (Å²) < 4.78 is 0. The number of hydrogen-bond acceptors (Lipinski definition) is 3. The van der Waals surface area contributed by atoms with Crippen molar-refractivity contribution < 1.29 is 14.4 Å². The molecule has 0 unspecified atom stereocenters. The van der Waals surface area contributed by atoms with Gasteiger partial charge in [-0.25, -0.2) is 4.79 Å². The lowest BCUT2D eigenvalue weighted by atomic mass is 9.73. The van der Waals surface area contributed by atoms with E-state index in [0.717, 1.165) is 35.1 Å². The van der Waals surface area contributed by atoms with Gasteiger partial charge in [-0.3, -0.25) is 14.5 Å². The average Bonchev–Trinajstić information content (AvgIpc) is 3.13. The van der Waals surface area contributed by atoms with Gasteiger partial charge in [0.1, 0.15) is 5.54 Å². The van der Waals surface area contributed by atoms with E-state index in [1.165, 1.54) is 0 Å². The Hall–Kier alpha value is -2.63. The number of aromatic nitrogens is 1. The molecule has 25 heavy (non-hydrogen) atoms. The normalized spacial score (nSPS) is 26.4. The van der Waals surface area contributed by atoms with Crippen LogP contribution in [0.4, 0.5) is 4.79 Å². The first kappa shape index (κ1) is 15.9. The molecule has 2 fully saturated rings. The summed E-state index contributed by atoms with van der Waals surface area (Å²) in [6.07, 6.45) is 5.19. The quantitative estimate of drug-likeness (QED) is 0.666. The number of nitrogens with zero attached hydrogens (tertiary/aromatic N) is 1. The van der Waals surface area contributed by atoms with Gasteiger partial charge >= 0.3 is 6.03 Å². The SMILES string of the molecule is C[C@@H]1CCCC[C@]12NC(=O)N(CC(=O)c1c[nH]c3ccccc13)C2=O. The van der Waals surface area contributed by atoms with Gasteiger partial charge in [-0.2, -0.15) is 0 Å². The van der Waals surface area contributed by atoms with Gasteiger partial charge in [0.2, 0.25) is 0 Å². The lowest BCUT2D eigenvalue weighted by Crippen LogP contribution is -2.54. The Labute approximate surface area is 145 Å². The molecule has 1 saturated carbocycles. The minimum Gasteiger partial charge on any atom is -0.360 e. The number of imide groups is 1. The van der Waals surface area contributed by atoms with Crippen molar-refractivity contribution in [2.24, 2.45) is 5.92 Å². The lowest BCUT2D eigenvalue weighted by molar-refractivity contribution is -0.133. The lowest BCUT2D eigenvalue weighted by Gasteiger charge is -2.36. The van der Waals surface area contributed by atoms with Crippen LogP contribution in [0.15, 0.2) is 30.5 Å². The second-order valence-corrected chi connectivity index (χ2v) is 7.11. The first-order valence-electron chi connectivity index (χ1n) is 8.76. The fourth-order valence-corrected chi connectivity index (χ4v) is 4.17. The van der Waals surface area contributed by atoms with Gasteiger partial charge in [-0.1, -0.05) is 38.0 Å². The van der Waals surface area contributed by atoms with Crippen molar-refractivity contribution in [1.82, 2.24) is 15.2 Å². The van der Waals surface area contributed by atoms with Gasteiger partial charge in [-0.05, 0) is 24.8 Å². The standard InChI is InChI=1S/C19H21N3O3/c1-12-6-4-5-9-19(12)17(24)22(18(25)21-19)11-16(23)14-10-20-15-8-3-2-7-13(14)15/h2-3,7-8,10,12,20H,4-6,9,11H2,1H3,(H,21,25)/t12-,19+/m1/s1. The third kappa shape index (κ3) is 2.35. The van der Waals surface area contributed by atoms with Crippen LogP contribution in [0.5, 0.6) is 0 Å². The number of carbonyl (C=O) groups is 3. The number of nitrogens with one attached hydrogen (secondary N) is 2. The molecule has 1 aromatic carbocycles. The molecule has 2 aromatic rings. The van der Waals surface area contributed by atoms with E-state index < -0.39 is 11.6 Å². The highest BCUT2D eigenvalue weighted by molar-refractivity contribution is 6.14. The molecule has 1 saturated heterocycles. The van der Waals surface area contributed by atoms with Crippen molar-refractivity contribution in [3.8, 4) is 0 Å². The molecular formula is C19H21N3O3. The molecule has 1 aromatic heterocycles. The molecule has 1 spiro atoms. The molecule has 130 valence electrons. The van der Waals surface area contributed by atoms with Crippen LogP contribution < -0.4 is 5.32 Å². The zero-order valence-corrected chi connectivity index (χ0v) is 14.2. The number of urea groups is 1. The smallest absolute Gasteiger partial charge is 0.325 e. The van der Waals surface area contributed by atoms with E-state index in [2.05, 4.69) is 10.3 Å². The van der Waals surface area contributed by atoms with Crippen LogP contribution in [0.25, 0.3) is 10.9 Å². The van der Waals surface area contributed by atoms with Crippen molar-refractivity contribution in [3.63, 3.8) is 0 Å². The van der Waals surface area contributed by atoms with E-state index in [0.29, 0.717) is 12.0 Å². The molecule has 0 radical (unpaired) electrons. The Bertz CT molecular complexity index is 872. The van der Waals surface area contributed by atoms with Crippen molar-refractivity contribution in [2.45, 2.75) is 38.1 Å². The number of benzene rings is 1. The van der Waals surface area contributed by atoms with Crippen LogP contribution in [0.3, 0.4) is 0 Å². The molecule has 2 atom stereocenters. The summed E-state index contributed by atoms with van der Waals surface area (Å²) in [5.74, 6) is -0.398. The summed E-state index contributed by atoms with van der Waals surface area (Å²) in [5, 5.41) is 3.69. The van der Waals surface area contributed by atoms with E-state index in [4.69, 9.17) is 0 Å². The van der Waals surface area contributed by atoms with Crippen LogP contribution >= 0.6 is 0 Å². The molecule has 0 bridgehead atoms. The van der Waals surface area contributed by atoms with E-state index in [-0.39, 0.29) is 24.2 Å². The summed E-state index contributed by atoms with van der Waals surface area (Å²) >= 11 is 0. The Kier molecular flexibility index (Phi) is 3.63. The second-order valence-electron chi connectivity index (χ2n) is 7.11. The predicted molar refractivity (Wildman–Crippen MR) is 93.2 cm³/mol. The average molecular weight is 339 g/mol. The third-order valence-corrected chi connectivity index (χ3v) is 5.69. The monoisotopic (exact) mass is 339 g/mol. The number of H-pyrrole nitrogens is 1. The Balaban J connectivity index is 1.59. The van der Waals surface area contributed by atoms with Crippen LogP contribution in [-0.2, 0) is 4.79 Å². The van der Waals surface area contributed by atoms with Crippen LogP contribution in [0, 0.1) is 5.92 Å². The maximum atomic E-state index is 13.0. The maximum Gasteiger partial charge on any atom is 0.325 e. The molecule has 2 aliphatic rings. The van der Waals surface area contributed by atoms with Gasteiger partial charge < -0.3 is 10.3 Å². The van der Waals surface area contributed by atoms with Crippen molar-refractivity contribution in [1.29, 1.82) is 0 Å². The number of ketones is 1. The number of rotatable bonds is 3. The Morgan fingerprint density at radius 2 is 2.08 bits per heavy atom. The number of aromatic amines is 1. The number of Topliss-reactive ketones (excluding diaryl/α,β-unsaturated/α-hetero) is 1. The maximum absolute atomic E-state index is 13.0. The summed E-state index contributed by atoms with van der Waals surface area (Å²) in [6, 6.07) is 7.04. The molecule has 2 heterocycles. The van der Waals surface area contributed by atoms with Gasteiger partial charge in [0.15, 0.2) is 5.78 Å². The van der Waals surface area contributed by atoms with Crippen LogP contribution in [-0.4, -0.2) is 39.7 Å². The van der Waals surface area contributed by atoms with E-state index >= 15 is 0 Å². The van der Waals surface area contributed by atoms with Crippen LogP contribution in [0.1, 0.15) is 43.0 Å². The fraction of sp³-hybridized carbons (Fsp3) is 0.421. The molecular weight excluding hydrogens is 318 g/mol. The minimum atomic E-state index is -0.824. The van der Waals surface area contributed by atoms with Crippen molar-refractivity contribution in [2.75, 3.05) is 6.54 Å². The van der Waals surface area contributed by atoms with Crippen LogP contribution in [0.2, 0.25) is 0 Å². The fourth-order valence-electron chi connectivity index (χ4n) is 4.17. The summed E-state index contributed by atoms with van der Waals surface area (Å²) in [5.41, 5.74) is 0.546. The first-order chi connectivity index (χ1) is 12.0. The largest absolute Gasteiger partial charge is 0.360 e. The summed E-state index contributed by atoms with van der Waals surface area (Å²) in [4.78, 5) is 42.2. The van der Waals surface area contributed by atoms with Gasteiger partial charge in [0.25, 0.3) is 5.91 Å². The Morgan fingerprint density at radius 1 is 1.28 bits per heavy atom. The highest BCUT2D eigenvalue weighted by Crippen LogP contribution is 2.38. The molecule has 4 rings (SSSR count). The second kappa shape index (κ2) is 5.72. The minimum absolute atomic E-state index is 0.0888. The number of hydrogen-bond donors (Lipinski definition) is 2. The molecule has 2 N–H and O–H groups in total. The number of fused-ring (bicyclic) bond motifs is 1. The van der Waals surface area contributed by atoms with Crippen molar-refractivity contribution in [3.05, 3.63) is 36.0 Å². The highest BCUT2D eigenvalue weighted by atomic mass is 16.2. The highest BCUT2D eigenvalue weighted by Gasteiger charge is 2.55. The molecule has 3 amide bonds. The number of para-hydroxylation sites is 1. The zero-order valence-electron chi connectivity index (χ0n) is 14.2. The van der Waals surface area contributed by atoms with E-state index in [9.17, 15) is 14.4 Å². The van der Waals surface area contributed by atoms with E-state index in [1.807, 2.05) is 31.2 Å². The summed E-state index contributed by atoms with van der Waals surface area (Å²) in [7, 11) is 0.